The smallest absolute Gasteiger partial charge is 0.137 e. The zero-order chi connectivity index (χ0) is 28.6. The molecule has 7 heteroatoms. The molecular weight excluding hydrogens is 520 g/mol. The SMILES string of the molecule is Cc1ccnc(-n2c3ccccc3c3ccc(Oc4cccc(-n5cc(-c6c(C#N)cccc6C#N)cn5)c4)cc32)c1. The maximum atomic E-state index is 9.59. The summed E-state index contributed by atoms with van der Waals surface area (Å²) in [5.41, 5.74) is 6.13. The highest BCUT2D eigenvalue weighted by atomic mass is 16.5. The van der Waals surface area contributed by atoms with Crippen LogP contribution in [0.3, 0.4) is 0 Å². The lowest BCUT2D eigenvalue weighted by atomic mass is 9.98. The Hall–Kier alpha value is -6.18. The second-order valence-electron chi connectivity index (χ2n) is 9.95. The fourth-order valence-corrected chi connectivity index (χ4v) is 5.37. The third kappa shape index (κ3) is 4.23. The van der Waals surface area contributed by atoms with E-state index in [0.29, 0.717) is 33.8 Å². The van der Waals surface area contributed by atoms with Gasteiger partial charge in [0, 0.05) is 46.4 Å². The van der Waals surface area contributed by atoms with Gasteiger partial charge in [0.1, 0.15) is 17.3 Å². The quantitative estimate of drug-likeness (QED) is 0.221. The number of nitriles is 2. The molecule has 198 valence electrons. The summed E-state index contributed by atoms with van der Waals surface area (Å²) in [6, 6.07) is 35.6. The van der Waals surface area contributed by atoms with Crippen molar-refractivity contribution in [2.45, 2.75) is 6.92 Å². The van der Waals surface area contributed by atoms with E-state index in [1.807, 2.05) is 67.0 Å². The minimum Gasteiger partial charge on any atom is -0.457 e. The first kappa shape index (κ1) is 24.8. The summed E-state index contributed by atoms with van der Waals surface area (Å²) in [5, 5.41) is 26.0. The standard InChI is InChI=1S/C35H22N6O/c1-23-14-15-38-34(16-23)41-32-11-3-2-10-30(32)31-13-12-29(18-33(31)41)42-28-9-5-8-27(17-28)40-22-26(21-39-40)35-24(19-36)6-4-7-25(35)20-37/h2-18,21-22H,1H3. The fraction of sp³-hybridized carbons (Fsp3) is 0.0286. The van der Waals surface area contributed by atoms with Gasteiger partial charge in [-0.1, -0.05) is 30.3 Å². The molecule has 3 aromatic heterocycles. The Labute approximate surface area is 241 Å². The van der Waals surface area contributed by atoms with E-state index in [9.17, 15) is 10.5 Å². The minimum absolute atomic E-state index is 0.430. The van der Waals surface area contributed by atoms with Gasteiger partial charge < -0.3 is 4.74 Å². The van der Waals surface area contributed by atoms with Crippen molar-refractivity contribution in [2.24, 2.45) is 0 Å². The number of aromatic nitrogens is 4. The number of para-hydroxylation sites is 1. The van der Waals surface area contributed by atoms with E-state index in [1.165, 1.54) is 0 Å². The lowest BCUT2D eigenvalue weighted by molar-refractivity contribution is 0.483. The first-order chi connectivity index (χ1) is 20.6. The number of hydrogen-bond acceptors (Lipinski definition) is 5. The van der Waals surface area contributed by atoms with E-state index in [0.717, 1.165) is 38.9 Å². The molecule has 7 aromatic rings. The maximum Gasteiger partial charge on any atom is 0.137 e. The van der Waals surface area contributed by atoms with Gasteiger partial charge in [-0.15, -0.1) is 0 Å². The molecule has 0 aliphatic heterocycles. The van der Waals surface area contributed by atoms with E-state index in [2.05, 4.69) is 58.0 Å². The van der Waals surface area contributed by atoms with Crippen LogP contribution in [-0.2, 0) is 0 Å². The van der Waals surface area contributed by atoms with Crippen LogP contribution < -0.4 is 4.74 Å². The van der Waals surface area contributed by atoms with Gasteiger partial charge >= 0.3 is 0 Å². The predicted molar refractivity (Wildman–Crippen MR) is 162 cm³/mol. The van der Waals surface area contributed by atoms with Crippen LogP contribution in [0.15, 0.2) is 116 Å². The van der Waals surface area contributed by atoms with Crippen LogP contribution in [0, 0.1) is 29.6 Å². The summed E-state index contributed by atoms with van der Waals surface area (Å²) in [7, 11) is 0. The molecule has 0 atom stereocenters. The average Bonchev–Trinajstić information content (AvgIpc) is 3.64. The van der Waals surface area contributed by atoms with Crippen LogP contribution in [0.5, 0.6) is 11.5 Å². The van der Waals surface area contributed by atoms with Crippen molar-refractivity contribution in [2.75, 3.05) is 0 Å². The molecule has 0 N–H and O–H groups in total. The van der Waals surface area contributed by atoms with Crippen LogP contribution in [0.4, 0.5) is 0 Å². The van der Waals surface area contributed by atoms with Crippen molar-refractivity contribution < 1.29 is 4.74 Å². The van der Waals surface area contributed by atoms with Crippen molar-refractivity contribution in [1.82, 2.24) is 19.3 Å². The number of nitrogens with zero attached hydrogens (tertiary/aromatic N) is 6. The number of pyridine rings is 1. The van der Waals surface area contributed by atoms with Crippen molar-refractivity contribution in [3.05, 3.63) is 132 Å². The number of ether oxygens (including phenoxy) is 1. The fourth-order valence-electron chi connectivity index (χ4n) is 5.37. The van der Waals surface area contributed by atoms with Gasteiger partial charge in [-0.05, 0) is 67.1 Å². The molecular formula is C35H22N6O. The molecule has 7 nitrogen and oxygen atoms in total. The summed E-state index contributed by atoms with van der Waals surface area (Å²) in [4.78, 5) is 4.66. The van der Waals surface area contributed by atoms with Crippen molar-refractivity contribution in [3.8, 4) is 46.3 Å². The zero-order valence-corrected chi connectivity index (χ0v) is 22.6. The Morgan fingerprint density at radius 2 is 1.50 bits per heavy atom. The molecule has 0 unspecified atom stereocenters. The predicted octanol–water partition coefficient (Wildman–Crippen LogP) is 7.88. The summed E-state index contributed by atoms with van der Waals surface area (Å²) in [6.07, 6.45) is 5.31. The van der Waals surface area contributed by atoms with Gasteiger partial charge in [-0.2, -0.15) is 15.6 Å². The van der Waals surface area contributed by atoms with Gasteiger partial charge in [0.15, 0.2) is 0 Å². The summed E-state index contributed by atoms with van der Waals surface area (Å²) in [6.45, 7) is 2.06. The molecule has 7 rings (SSSR count). The van der Waals surface area contributed by atoms with Gasteiger partial charge in [0.05, 0.1) is 46.2 Å². The monoisotopic (exact) mass is 542 g/mol. The lowest BCUT2D eigenvalue weighted by Gasteiger charge is -2.10. The molecule has 3 heterocycles. The van der Waals surface area contributed by atoms with E-state index in [4.69, 9.17) is 4.74 Å². The maximum absolute atomic E-state index is 9.59. The Balaban J connectivity index is 1.26. The first-order valence-corrected chi connectivity index (χ1v) is 13.4. The third-order valence-electron chi connectivity index (χ3n) is 7.27. The molecule has 0 aliphatic rings. The average molecular weight is 543 g/mol. The molecule has 0 aliphatic carbocycles. The zero-order valence-electron chi connectivity index (χ0n) is 22.6. The summed E-state index contributed by atoms with van der Waals surface area (Å²) in [5.74, 6) is 2.20. The van der Waals surface area contributed by atoms with E-state index >= 15 is 0 Å². The molecule has 42 heavy (non-hydrogen) atoms. The molecule has 0 fully saturated rings. The van der Waals surface area contributed by atoms with Crippen LogP contribution in [0.2, 0.25) is 0 Å². The van der Waals surface area contributed by atoms with E-state index in [1.54, 1.807) is 29.1 Å². The van der Waals surface area contributed by atoms with Crippen LogP contribution in [0.25, 0.3) is 44.4 Å². The summed E-state index contributed by atoms with van der Waals surface area (Å²) < 4.78 is 10.2. The molecule has 0 bridgehead atoms. The second-order valence-corrected chi connectivity index (χ2v) is 9.95. The van der Waals surface area contributed by atoms with Gasteiger partial charge in [-0.25, -0.2) is 9.67 Å². The van der Waals surface area contributed by atoms with Crippen molar-refractivity contribution in [1.29, 1.82) is 10.5 Å². The van der Waals surface area contributed by atoms with Gasteiger partial charge in [0.2, 0.25) is 0 Å². The normalized spacial score (nSPS) is 10.9. The van der Waals surface area contributed by atoms with E-state index < -0.39 is 0 Å². The van der Waals surface area contributed by atoms with Crippen LogP contribution >= 0.6 is 0 Å². The molecule has 0 spiro atoms. The first-order valence-electron chi connectivity index (χ1n) is 13.4. The number of fused-ring (bicyclic) bond motifs is 3. The largest absolute Gasteiger partial charge is 0.457 e. The highest BCUT2D eigenvalue weighted by molar-refractivity contribution is 6.09. The minimum atomic E-state index is 0.430. The molecule has 0 saturated carbocycles. The highest BCUT2D eigenvalue weighted by Gasteiger charge is 2.15. The summed E-state index contributed by atoms with van der Waals surface area (Å²) >= 11 is 0. The third-order valence-corrected chi connectivity index (χ3v) is 7.27. The lowest BCUT2D eigenvalue weighted by Crippen LogP contribution is -1.97. The Bertz CT molecular complexity index is 2200. The number of aryl methyl sites for hydroxylation is 1. The highest BCUT2D eigenvalue weighted by Crippen LogP contribution is 2.35. The van der Waals surface area contributed by atoms with E-state index in [-0.39, 0.29) is 0 Å². The van der Waals surface area contributed by atoms with Crippen molar-refractivity contribution >= 4 is 21.8 Å². The van der Waals surface area contributed by atoms with Gasteiger partial charge in [-0.3, -0.25) is 4.57 Å². The Morgan fingerprint density at radius 1 is 0.738 bits per heavy atom. The molecule has 0 radical (unpaired) electrons. The number of rotatable bonds is 5. The Morgan fingerprint density at radius 3 is 2.31 bits per heavy atom. The van der Waals surface area contributed by atoms with Crippen molar-refractivity contribution in [3.63, 3.8) is 0 Å². The Kier molecular flexibility index (Phi) is 5.97. The number of benzene rings is 4. The van der Waals surface area contributed by atoms with Gasteiger partial charge in [0.25, 0.3) is 0 Å². The molecule has 0 saturated heterocycles. The van der Waals surface area contributed by atoms with Crippen LogP contribution in [-0.4, -0.2) is 19.3 Å². The molecule has 0 amide bonds. The van der Waals surface area contributed by atoms with Crippen LogP contribution in [0.1, 0.15) is 16.7 Å². The second kappa shape index (κ2) is 10.1. The topological polar surface area (TPSA) is 92.5 Å². The number of hydrogen-bond donors (Lipinski definition) is 0. The molecule has 4 aromatic carbocycles.